The van der Waals surface area contributed by atoms with E-state index in [1.165, 1.54) is 12.1 Å². The molecule has 9 heteroatoms. The van der Waals surface area contributed by atoms with Gasteiger partial charge in [0.15, 0.2) is 12.0 Å². The molecule has 0 radical (unpaired) electrons. The summed E-state index contributed by atoms with van der Waals surface area (Å²) in [6, 6.07) is 12.8. The summed E-state index contributed by atoms with van der Waals surface area (Å²) in [5.74, 6) is -0.701. The van der Waals surface area contributed by atoms with Crippen molar-refractivity contribution in [3.05, 3.63) is 82.8 Å². The normalized spacial score (nSPS) is 19.1. The summed E-state index contributed by atoms with van der Waals surface area (Å²) in [4.78, 5) is 0. The summed E-state index contributed by atoms with van der Waals surface area (Å²) in [6.07, 6.45) is -5.61. The Labute approximate surface area is 168 Å². The highest BCUT2D eigenvalue weighted by Crippen LogP contribution is 2.39. The minimum atomic E-state index is -4.61. The zero-order chi connectivity index (χ0) is 21.3. The number of rotatable bonds is 3. The largest absolute Gasteiger partial charge is 0.438 e. The highest BCUT2D eigenvalue weighted by Gasteiger charge is 2.33. The highest BCUT2D eigenvalue weighted by molar-refractivity contribution is 5.45. The lowest BCUT2D eigenvalue weighted by molar-refractivity contribution is -0.141. The second kappa shape index (κ2) is 7.98. The van der Waals surface area contributed by atoms with Crippen LogP contribution in [0.1, 0.15) is 41.0 Å². The summed E-state index contributed by atoms with van der Waals surface area (Å²) in [7, 11) is 0. The van der Waals surface area contributed by atoms with Gasteiger partial charge in [0.05, 0.1) is 0 Å². The third-order valence-corrected chi connectivity index (χ3v) is 4.90. The molecular formula is C21H16F5N3O. The van der Waals surface area contributed by atoms with E-state index >= 15 is 0 Å². The Morgan fingerprint density at radius 1 is 0.933 bits per heavy atom. The van der Waals surface area contributed by atoms with Crippen LogP contribution in [0.25, 0.3) is 0 Å². The van der Waals surface area contributed by atoms with Gasteiger partial charge in [0.1, 0.15) is 11.6 Å². The lowest BCUT2D eigenvalue weighted by atomic mass is 9.86. The van der Waals surface area contributed by atoms with Crippen LogP contribution in [0, 0.1) is 5.82 Å². The number of nitrogens with zero attached hydrogens (tertiary/aromatic N) is 2. The third-order valence-electron chi connectivity index (χ3n) is 4.90. The standard InChI is InChI=1S/C21H16F5N3O/c22-17-4-2-1-3-15(17)14-9-10-27-20(23)16-11-12(5-6-13(14)16)30-19-8-7-18(28-29-19)21(24,25)26/h1-8,11,14,20,27H,9-10H2. The molecule has 4 nitrogen and oxygen atoms in total. The number of fused-ring (bicyclic) bond motifs is 1. The van der Waals surface area contributed by atoms with Gasteiger partial charge in [0, 0.05) is 17.5 Å². The first kappa shape index (κ1) is 20.2. The molecule has 0 bridgehead atoms. The summed E-state index contributed by atoms with van der Waals surface area (Å²) in [5, 5.41) is 9.25. The second-order valence-electron chi connectivity index (χ2n) is 6.83. The van der Waals surface area contributed by atoms with Gasteiger partial charge in [-0.1, -0.05) is 24.3 Å². The fourth-order valence-electron chi connectivity index (χ4n) is 3.50. The number of alkyl halides is 4. The SMILES string of the molecule is Fc1ccccc1C1CCNC(F)c2cc(Oc3ccc(C(F)(F)F)nn3)ccc21. The molecule has 4 rings (SSSR count). The van der Waals surface area contributed by atoms with E-state index in [4.69, 9.17) is 4.74 Å². The van der Waals surface area contributed by atoms with Gasteiger partial charge in [-0.3, -0.25) is 5.32 Å². The number of halogens is 5. The summed E-state index contributed by atoms with van der Waals surface area (Å²) in [5.41, 5.74) is 0.219. The molecule has 0 amide bonds. The van der Waals surface area contributed by atoms with Gasteiger partial charge in [0.25, 0.3) is 0 Å². The van der Waals surface area contributed by atoms with Crippen LogP contribution in [0.2, 0.25) is 0 Å². The van der Waals surface area contributed by atoms with Crippen LogP contribution >= 0.6 is 0 Å². The van der Waals surface area contributed by atoms with E-state index in [9.17, 15) is 22.0 Å². The number of nitrogens with one attached hydrogen (secondary N) is 1. The molecule has 30 heavy (non-hydrogen) atoms. The number of ether oxygens (including phenoxy) is 1. The maximum absolute atomic E-state index is 14.7. The minimum absolute atomic E-state index is 0.161. The van der Waals surface area contributed by atoms with Gasteiger partial charge in [-0.05, 0) is 48.4 Å². The zero-order valence-electron chi connectivity index (χ0n) is 15.5. The molecule has 1 aliphatic rings. The Kier molecular flexibility index (Phi) is 5.38. The average molecular weight is 421 g/mol. The van der Waals surface area contributed by atoms with E-state index in [2.05, 4.69) is 15.5 Å². The number of benzene rings is 2. The first-order valence-corrected chi connectivity index (χ1v) is 9.17. The van der Waals surface area contributed by atoms with Crippen molar-refractivity contribution in [1.29, 1.82) is 0 Å². The molecule has 1 N–H and O–H groups in total. The lowest BCUT2D eigenvalue weighted by Gasteiger charge is -2.19. The van der Waals surface area contributed by atoms with Crippen molar-refractivity contribution in [2.24, 2.45) is 0 Å². The van der Waals surface area contributed by atoms with Gasteiger partial charge in [-0.15, -0.1) is 10.2 Å². The van der Waals surface area contributed by atoms with Gasteiger partial charge in [0.2, 0.25) is 5.88 Å². The van der Waals surface area contributed by atoms with Gasteiger partial charge >= 0.3 is 6.18 Å². The molecule has 2 aromatic carbocycles. The van der Waals surface area contributed by atoms with Crippen molar-refractivity contribution in [2.75, 3.05) is 6.54 Å². The summed E-state index contributed by atoms with van der Waals surface area (Å²) in [6.45, 7) is 0.343. The molecule has 0 spiro atoms. The highest BCUT2D eigenvalue weighted by atomic mass is 19.4. The van der Waals surface area contributed by atoms with Crippen LogP contribution in [0.5, 0.6) is 11.6 Å². The Bertz CT molecular complexity index is 1040. The predicted octanol–water partition coefficient (Wildman–Crippen LogP) is 5.52. The lowest BCUT2D eigenvalue weighted by Crippen LogP contribution is -2.16. The fraction of sp³-hybridized carbons (Fsp3) is 0.238. The van der Waals surface area contributed by atoms with Crippen LogP contribution < -0.4 is 10.1 Å². The number of hydrogen-bond acceptors (Lipinski definition) is 4. The van der Waals surface area contributed by atoms with Gasteiger partial charge < -0.3 is 4.74 Å². The average Bonchev–Trinajstić information content (AvgIpc) is 2.87. The molecular weight excluding hydrogens is 405 g/mol. The molecule has 0 fully saturated rings. The minimum Gasteiger partial charge on any atom is -0.438 e. The van der Waals surface area contributed by atoms with Crippen LogP contribution in [-0.2, 0) is 6.18 Å². The number of aromatic nitrogens is 2. The second-order valence-corrected chi connectivity index (χ2v) is 6.83. The van der Waals surface area contributed by atoms with Crippen molar-refractivity contribution in [1.82, 2.24) is 15.5 Å². The predicted molar refractivity (Wildman–Crippen MR) is 98.3 cm³/mol. The van der Waals surface area contributed by atoms with E-state index in [0.29, 0.717) is 24.1 Å². The molecule has 1 aliphatic heterocycles. The van der Waals surface area contributed by atoms with Crippen LogP contribution in [0.4, 0.5) is 22.0 Å². The van der Waals surface area contributed by atoms with E-state index in [-0.39, 0.29) is 28.9 Å². The molecule has 2 heterocycles. The first-order valence-electron chi connectivity index (χ1n) is 9.17. The van der Waals surface area contributed by atoms with E-state index in [1.807, 2.05) is 0 Å². The molecule has 0 aliphatic carbocycles. The molecule has 2 unspecified atom stereocenters. The quantitative estimate of drug-likeness (QED) is 0.447. The van der Waals surface area contributed by atoms with Crippen molar-refractivity contribution < 1.29 is 26.7 Å². The monoisotopic (exact) mass is 421 g/mol. The molecule has 2 atom stereocenters. The van der Waals surface area contributed by atoms with E-state index in [1.54, 1.807) is 30.3 Å². The number of hydrogen-bond donors (Lipinski definition) is 1. The maximum Gasteiger partial charge on any atom is 0.435 e. The van der Waals surface area contributed by atoms with Crippen molar-refractivity contribution in [3.8, 4) is 11.6 Å². The smallest absolute Gasteiger partial charge is 0.435 e. The fourth-order valence-corrected chi connectivity index (χ4v) is 3.50. The zero-order valence-corrected chi connectivity index (χ0v) is 15.5. The third kappa shape index (κ3) is 4.11. The Morgan fingerprint density at radius 2 is 1.73 bits per heavy atom. The van der Waals surface area contributed by atoms with Crippen LogP contribution in [0.3, 0.4) is 0 Å². The molecule has 3 aromatic rings. The molecule has 0 saturated carbocycles. The van der Waals surface area contributed by atoms with Crippen LogP contribution in [-0.4, -0.2) is 16.7 Å². The molecule has 1 aromatic heterocycles. The maximum atomic E-state index is 14.7. The van der Waals surface area contributed by atoms with E-state index < -0.39 is 18.2 Å². The Hall–Kier alpha value is -3.07. The summed E-state index contributed by atoms with van der Waals surface area (Å²) < 4.78 is 72.3. The Balaban J connectivity index is 1.65. The van der Waals surface area contributed by atoms with Gasteiger partial charge in [-0.2, -0.15) is 13.2 Å². The molecule has 156 valence electrons. The van der Waals surface area contributed by atoms with Gasteiger partial charge in [-0.25, -0.2) is 8.78 Å². The van der Waals surface area contributed by atoms with Crippen molar-refractivity contribution >= 4 is 0 Å². The summed E-state index contributed by atoms with van der Waals surface area (Å²) >= 11 is 0. The molecule has 0 saturated heterocycles. The Morgan fingerprint density at radius 3 is 2.43 bits per heavy atom. The van der Waals surface area contributed by atoms with Crippen molar-refractivity contribution in [3.63, 3.8) is 0 Å². The van der Waals surface area contributed by atoms with Crippen LogP contribution in [0.15, 0.2) is 54.6 Å². The first-order chi connectivity index (χ1) is 14.3. The topological polar surface area (TPSA) is 47.0 Å². The van der Waals surface area contributed by atoms with Crippen molar-refractivity contribution in [2.45, 2.75) is 24.8 Å². The van der Waals surface area contributed by atoms with E-state index in [0.717, 1.165) is 12.1 Å².